The zero-order valence-corrected chi connectivity index (χ0v) is 21.1. The van der Waals surface area contributed by atoms with Gasteiger partial charge in [-0.15, -0.1) is 0 Å². The zero-order chi connectivity index (χ0) is 25.5. The Morgan fingerprint density at radius 2 is 1.05 bits per heavy atom. The highest BCUT2D eigenvalue weighted by atomic mass is 16.3. The van der Waals surface area contributed by atoms with E-state index >= 15 is 0 Å². The van der Waals surface area contributed by atoms with Crippen molar-refractivity contribution >= 4 is 43.5 Å². The maximum absolute atomic E-state index is 6.12. The standard InChI is InChI=1S/C38H22O/c1-2-11-31-30(10-1)32-13-6-9-27-21-28(22-34(31)37(27)32)24-8-5-7-23(19-24)25-15-17-29-26(20-25)16-18-36-38(29)33-12-3-4-14-35(33)39-36/h1-22H. The summed E-state index contributed by atoms with van der Waals surface area (Å²) in [5.74, 6) is 0. The van der Waals surface area contributed by atoms with E-state index in [0.717, 1.165) is 11.2 Å². The van der Waals surface area contributed by atoms with Crippen molar-refractivity contribution in [2.45, 2.75) is 0 Å². The highest BCUT2D eigenvalue weighted by molar-refractivity contribution is 6.19. The molecular weight excluding hydrogens is 472 g/mol. The van der Waals surface area contributed by atoms with Gasteiger partial charge in [-0.05, 0) is 102 Å². The number of rotatable bonds is 2. The summed E-state index contributed by atoms with van der Waals surface area (Å²) in [6.07, 6.45) is 0. The second-order valence-corrected chi connectivity index (χ2v) is 10.5. The highest BCUT2D eigenvalue weighted by Crippen LogP contribution is 2.48. The summed E-state index contributed by atoms with van der Waals surface area (Å²) >= 11 is 0. The lowest BCUT2D eigenvalue weighted by Gasteiger charge is -2.11. The zero-order valence-electron chi connectivity index (χ0n) is 21.1. The second-order valence-electron chi connectivity index (χ2n) is 10.5. The number of hydrogen-bond acceptors (Lipinski definition) is 1. The normalized spacial score (nSPS) is 12.1. The van der Waals surface area contributed by atoms with Crippen LogP contribution < -0.4 is 0 Å². The van der Waals surface area contributed by atoms with Crippen molar-refractivity contribution in [3.05, 3.63) is 133 Å². The molecule has 0 fully saturated rings. The fraction of sp³-hybridized carbons (Fsp3) is 0. The van der Waals surface area contributed by atoms with Crippen molar-refractivity contribution in [1.82, 2.24) is 0 Å². The molecule has 8 aromatic rings. The predicted molar refractivity (Wildman–Crippen MR) is 164 cm³/mol. The molecule has 39 heavy (non-hydrogen) atoms. The summed E-state index contributed by atoms with van der Waals surface area (Å²) < 4.78 is 6.12. The Bertz CT molecular complexity index is 2280. The minimum Gasteiger partial charge on any atom is -0.456 e. The number of hydrogen-bond donors (Lipinski definition) is 0. The maximum Gasteiger partial charge on any atom is 0.136 e. The van der Waals surface area contributed by atoms with Crippen LogP contribution in [0.2, 0.25) is 0 Å². The quantitative estimate of drug-likeness (QED) is 0.233. The van der Waals surface area contributed by atoms with E-state index in [0.29, 0.717) is 0 Å². The first kappa shape index (κ1) is 20.9. The van der Waals surface area contributed by atoms with Crippen LogP contribution in [0.5, 0.6) is 0 Å². The molecule has 1 aliphatic rings. The monoisotopic (exact) mass is 494 g/mol. The van der Waals surface area contributed by atoms with Crippen molar-refractivity contribution in [2.24, 2.45) is 0 Å². The molecule has 0 saturated carbocycles. The minimum atomic E-state index is 0.935. The lowest BCUT2D eigenvalue weighted by molar-refractivity contribution is 0.669. The van der Waals surface area contributed by atoms with E-state index in [4.69, 9.17) is 4.42 Å². The first-order valence-electron chi connectivity index (χ1n) is 13.4. The van der Waals surface area contributed by atoms with Crippen molar-refractivity contribution in [1.29, 1.82) is 0 Å². The van der Waals surface area contributed by atoms with Gasteiger partial charge in [-0.3, -0.25) is 0 Å². The van der Waals surface area contributed by atoms with Crippen LogP contribution in [-0.4, -0.2) is 0 Å². The topological polar surface area (TPSA) is 13.1 Å². The summed E-state index contributed by atoms with van der Waals surface area (Å²) in [5, 5.41) is 7.47. The molecule has 180 valence electrons. The Balaban J connectivity index is 1.19. The Hall–Kier alpha value is -5.14. The Morgan fingerprint density at radius 1 is 0.333 bits per heavy atom. The van der Waals surface area contributed by atoms with Crippen LogP contribution in [0.15, 0.2) is 138 Å². The molecule has 1 aromatic heterocycles. The molecule has 9 rings (SSSR count). The summed E-state index contributed by atoms with van der Waals surface area (Å²) in [6, 6.07) is 48.4. The van der Waals surface area contributed by atoms with Crippen LogP contribution in [0.3, 0.4) is 0 Å². The predicted octanol–water partition coefficient (Wildman–Crippen LogP) is 10.9. The Kier molecular flexibility index (Phi) is 4.11. The molecule has 1 heteroatoms. The van der Waals surface area contributed by atoms with Crippen LogP contribution in [0, 0.1) is 0 Å². The molecule has 1 aliphatic carbocycles. The van der Waals surface area contributed by atoms with Crippen LogP contribution in [-0.2, 0) is 0 Å². The first-order valence-corrected chi connectivity index (χ1v) is 13.4. The Labute approximate surface area is 225 Å². The van der Waals surface area contributed by atoms with E-state index in [-0.39, 0.29) is 0 Å². The van der Waals surface area contributed by atoms with Gasteiger partial charge in [0.1, 0.15) is 11.2 Å². The van der Waals surface area contributed by atoms with E-state index < -0.39 is 0 Å². The number of para-hydroxylation sites is 1. The third-order valence-corrected chi connectivity index (χ3v) is 8.37. The van der Waals surface area contributed by atoms with Crippen LogP contribution >= 0.6 is 0 Å². The largest absolute Gasteiger partial charge is 0.456 e. The minimum absolute atomic E-state index is 0.935. The van der Waals surface area contributed by atoms with Crippen molar-refractivity contribution in [2.75, 3.05) is 0 Å². The van der Waals surface area contributed by atoms with Crippen molar-refractivity contribution < 1.29 is 4.42 Å². The summed E-state index contributed by atoms with van der Waals surface area (Å²) in [5.41, 5.74) is 12.1. The van der Waals surface area contributed by atoms with Gasteiger partial charge < -0.3 is 4.42 Å². The molecule has 0 N–H and O–H groups in total. The van der Waals surface area contributed by atoms with Gasteiger partial charge in [-0.25, -0.2) is 0 Å². The van der Waals surface area contributed by atoms with Gasteiger partial charge in [0.2, 0.25) is 0 Å². The van der Waals surface area contributed by atoms with E-state index in [1.165, 1.54) is 76.8 Å². The number of fused-ring (bicyclic) bond motifs is 8. The third kappa shape index (κ3) is 2.96. The van der Waals surface area contributed by atoms with Crippen LogP contribution in [0.1, 0.15) is 0 Å². The van der Waals surface area contributed by atoms with E-state index in [1.54, 1.807) is 0 Å². The fourth-order valence-electron chi connectivity index (χ4n) is 6.60. The summed E-state index contributed by atoms with van der Waals surface area (Å²) in [6.45, 7) is 0. The van der Waals surface area contributed by atoms with Gasteiger partial charge in [0, 0.05) is 10.8 Å². The average molecular weight is 495 g/mol. The molecule has 7 aromatic carbocycles. The third-order valence-electron chi connectivity index (χ3n) is 8.37. The van der Waals surface area contributed by atoms with Gasteiger partial charge in [0.05, 0.1) is 0 Å². The van der Waals surface area contributed by atoms with Gasteiger partial charge >= 0.3 is 0 Å². The summed E-state index contributed by atoms with van der Waals surface area (Å²) in [4.78, 5) is 0. The lowest BCUT2D eigenvalue weighted by atomic mass is 9.93. The highest BCUT2D eigenvalue weighted by Gasteiger charge is 2.21. The molecule has 0 saturated heterocycles. The van der Waals surface area contributed by atoms with Gasteiger partial charge in [0.15, 0.2) is 0 Å². The first-order chi connectivity index (χ1) is 19.3. The molecule has 0 bridgehead atoms. The molecule has 0 spiro atoms. The summed E-state index contributed by atoms with van der Waals surface area (Å²) in [7, 11) is 0. The fourth-order valence-corrected chi connectivity index (χ4v) is 6.60. The van der Waals surface area contributed by atoms with Gasteiger partial charge in [-0.2, -0.15) is 0 Å². The molecule has 1 heterocycles. The van der Waals surface area contributed by atoms with E-state index in [1.807, 2.05) is 12.1 Å². The van der Waals surface area contributed by atoms with Crippen molar-refractivity contribution in [3.8, 4) is 44.5 Å². The SMILES string of the molecule is c1cc(-c2cc3c4c(cccc4c2)-c2ccccc2-3)cc(-c2ccc3c(ccc4oc5ccccc5c43)c2)c1. The molecule has 0 unspecified atom stereocenters. The maximum atomic E-state index is 6.12. The number of furan rings is 1. The molecular formula is C38H22O. The van der Waals surface area contributed by atoms with Crippen LogP contribution in [0.4, 0.5) is 0 Å². The van der Waals surface area contributed by atoms with E-state index in [9.17, 15) is 0 Å². The molecule has 0 atom stereocenters. The smallest absolute Gasteiger partial charge is 0.136 e. The Morgan fingerprint density at radius 3 is 1.97 bits per heavy atom. The molecule has 0 aliphatic heterocycles. The average Bonchev–Trinajstić information content (AvgIpc) is 3.54. The van der Waals surface area contributed by atoms with Crippen molar-refractivity contribution in [3.63, 3.8) is 0 Å². The lowest BCUT2D eigenvalue weighted by Crippen LogP contribution is -1.85. The van der Waals surface area contributed by atoms with E-state index in [2.05, 4.69) is 121 Å². The van der Waals surface area contributed by atoms with Gasteiger partial charge in [0.25, 0.3) is 0 Å². The molecule has 1 nitrogen and oxygen atoms in total. The second kappa shape index (κ2) is 7.69. The van der Waals surface area contributed by atoms with Gasteiger partial charge in [-0.1, -0.05) is 97.1 Å². The molecule has 0 radical (unpaired) electrons. The number of benzene rings is 7. The molecule has 0 amide bonds. The van der Waals surface area contributed by atoms with Crippen LogP contribution in [0.25, 0.3) is 88.0 Å².